The molecule has 0 bridgehead atoms. The number of nitrogens with zero attached hydrogens (tertiary/aromatic N) is 1. The van der Waals surface area contributed by atoms with E-state index in [2.05, 4.69) is 11.7 Å². The first-order valence-corrected chi connectivity index (χ1v) is 2.39. The summed E-state index contributed by atoms with van der Waals surface area (Å²) in [5, 5.41) is 7.92. The second-order valence-electron chi connectivity index (χ2n) is 1.96. The summed E-state index contributed by atoms with van der Waals surface area (Å²) in [7, 11) is 0. The third-order valence-corrected chi connectivity index (χ3v) is 1.24. The Labute approximate surface area is 42.7 Å². The molecule has 2 nitrogen and oxygen atoms in total. The van der Waals surface area contributed by atoms with E-state index in [1.54, 1.807) is 6.26 Å². The topological polar surface area (TPSA) is 33.0 Å². The molecule has 0 heterocycles. The van der Waals surface area contributed by atoms with Gasteiger partial charge in [0.25, 0.3) is 6.26 Å². The van der Waals surface area contributed by atoms with Gasteiger partial charge in [0.2, 0.25) is 0 Å². The first-order chi connectivity index (χ1) is 3.34. The van der Waals surface area contributed by atoms with Crippen molar-refractivity contribution in [2.24, 2.45) is 5.92 Å². The van der Waals surface area contributed by atoms with Gasteiger partial charge in [0.05, 0.1) is 0 Å². The van der Waals surface area contributed by atoms with Gasteiger partial charge in [-0.1, -0.05) is 6.92 Å². The summed E-state index contributed by atoms with van der Waals surface area (Å²) in [5.41, 5.74) is 0. The fraction of sp³-hybridized carbons (Fsp3) is 0.800. The molecule has 1 saturated carbocycles. The molecule has 0 aromatic rings. The van der Waals surface area contributed by atoms with Crippen molar-refractivity contribution in [1.82, 2.24) is 0 Å². The van der Waals surface area contributed by atoms with Crippen LogP contribution in [0.5, 0.6) is 0 Å². The van der Waals surface area contributed by atoms with E-state index in [4.69, 9.17) is 5.26 Å². The van der Waals surface area contributed by atoms with Crippen LogP contribution >= 0.6 is 0 Å². The molecule has 1 aliphatic carbocycles. The van der Waals surface area contributed by atoms with Crippen LogP contribution in [0.2, 0.25) is 0 Å². The number of ether oxygens (including phenoxy) is 1. The zero-order valence-electron chi connectivity index (χ0n) is 4.22. The predicted molar refractivity (Wildman–Crippen MR) is 24.3 cm³/mol. The van der Waals surface area contributed by atoms with Crippen molar-refractivity contribution >= 4 is 0 Å². The molecule has 2 heteroatoms. The van der Waals surface area contributed by atoms with Crippen molar-refractivity contribution in [3.63, 3.8) is 0 Å². The summed E-state index contributed by atoms with van der Waals surface area (Å²) < 4.78 is 4.57. The van der Waals surface area contributed by atoms with Crippen LogP contribution in [0.4, 0.5) is 0 Å². The quantitative estimate of drug-likeness (QED) is 0.455. The minimum atomic E-state index is 0.255. The maximum atomic E-state index is 7.92. The Balaban J connectivity index is 2.12. The van der Waals surface area contributed by atoms with Crippen molar-refractivity contribution in [2.75, 3.05) is 0 Å². The van der Waals surface area contributed by atoms with Crippen LogP contribution in [0.15, 0.2) is 0 Å². The summed E-state index contributed by atoms with van der Waals surface area (Å²) in [6, 6.07) is 0. The largest absolute Gasteiger partial charge is 0.424 e. The Hall–Kier alpha value is -0.710. The molecular weight excluding hydrogens is 90.1 g/mol. The van der Waals surface area contributed by atoms with Gasteiger partial charge < -0.3 is 4.74 Å². The Morgan fingerprint density at radius 2 is 2.43 bits per heavy atom. The van der Waals surface area contributed by atoms with E-state index in [-0.39, 0.29) is 6.10 Å². The molecule has 0 saturated heterocycles. The van der Waals surface area contributed by atoms with Gasteiger partial charge in [-0.3, -0.25) is 0 Å². The molecule has 0 aromatic heterocycles. The van der Waals surface area contributed by atoms with Crippen molar-refractivity contribution in [3.8, 4) is 6.26 Å². The fourth-order valence-electron chi connectivity index (χ4n) is 0.520. The van der Waals surface area contributed by atoms with Gasteiger partial charge in [0.15, 0.2) is 0 Å². The summed E-state index contributed by atoms with van der Waals surface area (Å²) in [6.07, 6.45) is 2.98. The van der Waals surface area contributed by atoms with Crippen LogP contribution in [0.3, 0.4) is 0 Å². The lowest BCUT2D eigenvalue weighted by molar-refractivity contribution is 0.241. The molecule has 0 spiro atoms. The first-order valence-electron chi connectivity index (χ1n) is 2.39. The number of hydrogen-bond donors (Lipinski definition) is 0. The first kappa shape index (κ1) is 4.45. The Morgan fingerprint density at radius 1 is 1.86 bits per heavy atom. The van der Waals surface area contributed by atoms with Crippen LogP contribution in [-0.4, -0.2) is 6.10 Å². The monoisotopic (exact) mass is 97.1 g/mol. The highest BCUT2D eigenvalue weighted by molar-refractivity contribution is 4.85. The van der Waals surface area contributed by atoms with Gasteiger partial charge in [-0.15, -0.1) is 0 Å². The zero-order chi connectivity index (χ0) is 5.28. The minimum absolute atomic E-state index is 0.255. The number of hydrogen-bond acceptors (Lipinski definition) is 2. The van der Waals surface area contributed by atoms with Gasteiger partial charge in [-0.05, 0) is 12.3 Å². The molecule has 38 valence electrons. The molecule has 0 aromatic carbocycles. The maximum Gasteiger partial charge on any atom is 0.286 e. The third-order valence-electron chi connectivity index (χ3n) is 1.24. The molecule has 2 unspecified atom stereocenters. The highest BCUT2D eigenvalue weighted by Crippen LogP contribution is 2.31. The molecule has 1 rings (SSSR count). The Bertz CT molecular complexity index is 105. The van der Waals surface area contributed by atoms with Crippen LogP contribution in [0.1, 0.15) is 13.3 Å². The molecule has 1 aliphatic rings. The Morgan fingerprint density at radius 3 is 2.57 bits per heavy atom. The maximum absolute atomic E-state index is 7.92. The predicted octanol–water partition coefficient (Wildman–Crippen LogP) is 0.892. The van der Waals surface area contributed by atoms with Gasteiger partial charge in [0, 0.05) is 0 Å². The number of rotatable bonds is 1. The Kier molecular flexibility index (Phi) is 0.900. The molecule has 0 aliphatic heterocycles. The lowest BCUT2D eigenvalue weighted by Gasteiger charge is -1.84. The van der Waals surface area contributed by atoms with E-state index in [9.17, 15) is 0 Å². The minimum Gasteiger partial charge on any atom is -0.424 e. The highest BCUT2D eigenvalue weighted by Gasteiger charge is 2.34. The number of nitriles is 1. The normalized spacial score (nSPS) is 36.6. The van der Waals surface area contributed by atoms with Crippen LogP contribution < -0.4 is 0 Å². The lowest BCUT2D eigenvalue weighted by Crippen LogP contribution is -1.85. The van der Waals surface area contributed by atoms with E-state index in [0.29, 0.717) is 5.92 Å². The summed E-state index contributed by atoms with van der Waals surface area (Å²) in [6.45, 7) is 2.07. The van der Waals surface area contributed by atoms with Gasteiger partial charge >= 0.3 is 0 Å². The van der Waals surface area contributed by atoms with Gasteiger partial charge in [-0.2, -0.15) is 5.26 Å². The molecule has 0 radical (unpaired) electrons. The molecule has 0 N–H and O–H groups in total. The van der Waals surface area contributed by atoms with Crippen LogP contribution in [0, 0.1) is 17.4 Å². The van der Waals surface area contributed by atoms with E-state index < -0.39 is 0 Å². The average Bonchev–Trinajstić information content (AvgIpc) is 2.22. The summed E-state index contributed by atoms with van der Waals surface area (Å²) in [4.78, 5) is 0. The molecule has 2 atom stereocenters. The van der Waals surface area contributed by atoms with E-state index >= 15 is 0 Å². The van der Waals surface area contributed by atoms with Gasteiger partial charge in [-0.25, -0.2) is 0 Å². The van der Waals surface area contributed by atoms with Gasteiger partial charge in [0.1, 0.15) is 6.10 Å². The fourth-order valence-corrected chi connectivity index (χ4v) is 0.520. The summed E-state index contributed by atoms with van der Waals surface area (Å²) in [5.74, 6) is 0.625. The zero-order valence-corrected chi connectivity index (χ0v) is 4.22. The average molecular weight is 97.1 g/mol. The van der Waals surface area contributed by atoms with E-state index in [0.717, 1.165) is 6.42 Å². The van der Waals surface area contributed by atoms with Crippen molar-refractivity contribution in [3.05, 3.63) is 0 Å². The third kappa shape index (κ3) is 0.833. The second-order valence-corrected chi connectivity index (χ2v) is 1.96. The van der Waals surface area contributed by atoms with E-state index in [1.165, 1.54) is 0 Å². The molecule has 1 fully saturated rings. The van der Waals surface area contributed by atoms with E-state index in [1.807, 2.05) is 0 Å². The van der Waals surface area contributed by atoms with Crippen molar-refractivity contribution < 1.29 is 4.74 Å². The molecule has 7 heavy (non-hydrogen) atoms. The van der Waals surface area contributed by atoms with Crippen LogP contribution in [-0.2, 0) is 4.74 Å². The van der Waals surface area contributed by atoms with Crippen molar-refractivity contribution in [1.29, 1.82) is 5.26 Å². The van der Waals surface area contributed by atoms with Crippen LogP contribution in [0.25, 0.3) is 0 Å². The van der Waals surface area contributed by atoms with Crippen molar-refractivity contribution in [2.45, 2.75) is 19.4 Å². The standard InChI is InChI=1S/C5H7NO/c1-4-2-5(4)7-3-6/h4-5H,2H2,1H3. The molecule has 0 amide bonds. The summed E-state index contributed by atoms with van der Waals surface area (Å²) >= 11 is 0. The SMILES string of the molecule is CC1CC1OC#N. The highest BCUT2D eigenvalue weighted by atomic mass is 16.5. The molecular formula is C5H7NO. The smallest absolute Gasteiger partial charge is 0.286 e. The lowest BCUT2D eigenvalue weighted by atomic mass is 10.5. The second kappa shape index (κ2) is 1.42.